The maximum atomic E-state index is 11.1. The molecule has 0 saturated carbocycles. The Balaban J connectivity index is 2.09. The Morgan fingerprint density at radius 3 is 2.71 bits per heavy atom. The lowest BCUT2D eigenvalue weighted by molar-refractivity contribution is -0.137. The first-order chi connectivity index (χ1) is 7.95. The maximum Gasteiger partial charge on any atom is 0.330 e. The van der Waals surface area contributed by atoms with Crippen LogP contribution in [0.25, 0.3) is 0 Å². The van der Waals surface area contributed by atoms with Gasteiger partial charge >= 0.3 is 5.97 Å². The molecule has 0 aromatic rings. The summed E-state index contributed by atoms with van der Waals surface area (Å²) in [4.78, 5) is 11.1. The van der Waals surface area contributed by atoms with Crippen LogP contribution in [0.15, 0.2) is 12.2 Å². The normalized spacial score (nSPS) is 23.6. The van der Waals surface area contributed by atoms with Crippen molar-refractivity contribution in [2.75, 3.05) is 6.61 Å². The molecular formula is C14H24O3. The van der Waals surface area contributed by atoms with Crippen molar-refractivity contribution >= 4 is 5.97 Å². The minimum Gasteiger partial charge on any atom is -0.463 e. The predicted molar refractivity (Wildman–Crippen MR) is 67.7 cm³/mol. The first-order valence-corrected chi connectivity index (χ1v) is 6.46. The number of esters is 1. The van der Waals surface area contributed by atoms with E-state index in [0.717, 1.165) is 19.3 Å². The lowest BCUT2D eigenvalue weighted by Gasteiger charge is -2.07. The van der Waals surface area contributed by atoms with Crippen LogP contribution in [0, 0.1) is 5.92 Å². The van der Waals surface area contributed by atoms with Gasteiger partial charge in [0.25, 0.3) is 0 Å². The van der Waals surface area contributed by atoms with Gasteiger partial charge in [0.2, 0.25) is 0 Å². The van der Waals surface area contributed by atoms with Crippen molar-refractivity contribution in [3.63, 3.8) is 0 Å². The van der Waals surface area contributed by atoms with Crippen molar-refractivity contribution in [2.45, 2.75) is 58.7 Å². The molecule has 1 aliphatic heterocycles. The molecule has 0 aromatic heterocycles. The molecule has 1 unspecified atom stereocenters. The Morgan fingerprint density at radius 1 is 1.53 bits per heavy atom. The molecule has 2 atom stereocenters. The maximum absolute atomic E-state index is 11.1. The van der Waals surface area contributed by atoms with Crippen LogP contribution in [0.2, 0.25) is 0 Å². The summed E-state index contributed by atoms with van der Waals surface area (Å²) in [5.41, 5.74) is 0.0977. The third-order valence-electron chi connectivity index (χ3n) is 3.16. The van der Waals surface area contributed by atoms with Gasteiger partial charge in [-0.05, 0) is 46.0 Å². The van der Waals surface area contributed by atoms with Crippen LogP contribution in [0.5, 0.6) is 0 Å². The fourth-order valence-corrected chi connectivity index (χ4v) is 1.88. The van der Waals surface area contributed by atoms with Gasteiger partial charge in [0.15, 0.2) is 0 Å². The van der Waals surface area contributed by atoms with Gasteiger partial charge in [0.05, 0.1) is 18.3 Å². The van der Waals surface area contributed by atoms with E-state index in [1.54, 1.807) is 0 Å². The zero-order valence-corrected chi connectivity index (χ0v) is 11.4. The highest BCUT2D eigenvalue weighted by Gasteiger charge is 2.46. The van der Waals surface area contributed by atoms with Gasteiger partial charge in [-0.25, -0.2) is 4.79 Å². The number of hydrogen-bond donors (Lipinski definition) is 0. The van der Waals surface area contributed by atoms with E-state index in [4.69, 9.17) is 9.47 Å². The van der Waals surface area contributed by atoms with Crippen LogP contribution in [-0.4, -0.2) is 24.3 Å². The summed E-state index contributed by atoms with van der Waals surface area (Å²) in [7, 11) is 0. The first kappa shape index (κ1) is 14.2. The van der Waals surface area contributed by atoms with E-state index in [2.05, 4.69) is 20.8 Å². The predicted octanol–water partition coefficient (Wildman–Crippen LogP) is 3.09. The molecule has 1 saturated heterocycles. The summed E-state index contributed by atoms with van der Waals surface area (Å²) < 4.78 is 10.4. The number of carbonyl (C=O) groups excluding carboxylic acids is 1. The fourth-order valence-electron chi connectivity index (χ4n) is 1.88. The quantitative estimate of drug-likeness (QED) is 0.390. The van der Waals surface area contributed by atoms with Gasteiger partial charge in [0.1, 0.15) is 0 Å². The van der Waals surface area contributed by atoms with E-state index < -0.39 is 0 Å². The highest BCUT2D eigenvalue weighted by Crippen LogP contribution is 2.39. The number of allylic oxidation sites excluding steroid dienone is 1. The van der Waals surface area contributed by atoms with Crippen LogP contribution in [0.3, 0.4) is 0 Å². The van der Waals surface area contributed by atoms with Crippen LogP contribution in [-0.2, 0) is 14.3 Å². The zero-order chi connectivity index (χ0) is 12.9. The standard InChI is InChI=1S/C14H24O3/c1-5-16-13(15)8-6-7-11(2)9-10-12-14(3,4)17-12/h6,8,11-12H,5,7,9-10H2,1-4H3/b8-6+/t11-,12?/m0/s1. The van der Waals surface area contributed by atoms with Crippen molar-refractivity contribution in [3.05, 3.63) is 12.2 Å². The summed E-state index contributed by atoms with van der Waals surface area (Å²) in [5.74, 6) is 0.340. The number of ether oxygens (including phenoxy) is 2. The number of hydrogen-bond acceptors (Lipinski definition) is 3. The minimum absolute atomic E-state index is 0.0977. The lowest BCUT2D eigenvalue weighted by atomic mass is 9.97. The molecule has 0 aromatic carbocycles. The van der Waals surface area contributed by atoms with Crippen molar-refractivity contribution in [1.82, 2.24) is 0 Å². The average Bonchev–Trinajstić information content (AvgIpc) is 2.84. The van der Waals surface area contributed by atoms with Gasteiger partial charge in [0, 0.05) is 6.08 Å². The molecule has 0 bridgehead atoms. The monoisotopic (exact) mass is 240 g/mol. The Hall–Kier alpha value is -0.830. The third-order valence-corrected chi connectivity index (χ3v) is 3.16. The van der Waals surface area contributed by atoms with Gasteiger partial charge < -0.3 is 9.47 Å². The number of epoxide rings is 1. The zero-order valence-electron chi connectivity index (χ0n) is 11.4. The summed E-state index contributed by atoms with van der Waals surface area (Å²) in [6.07, 6.45) is 7.03. The Kier molecular flexibility index (Phi) is 5.19. The molecular weight excluding hydrogens is 216 g/mol. The molecule has 1 heterocycles. The molecule has 17 heavy (non-hydrogen) atoms. The second-order valence-corrected chi connectivity index (χ2v) is 5.28. The third kappa shape index (κ3) is 5.35. The van der Waals surface area contributed by atoms with Crippen molar-refractivity contribution < 1.29 is 14.3 Å². The van der Waals surface area contributed by atoms with E-state index in [-0.39, 0.29) is 11.6 Å². The molecule has 1 aliphatic rings. The highest BCUT2D eigenvalue weighted by molar-refractivity contribution is 5.81. The molecule has 98 valence electrons. The molecule has 1 fully saturated rings. The van der Waals surface area contributed by atoms with Crippen molar-refractivity contribution in [1.29, 1.82) is 0 Å². The molecule has 1 rings (SSSR count). The summed E-state index contributed by atoms with van der Waals surface area (Å²) in [5, 5.41) is 0. The van der Waals surface area contributed by atoms with E-state index >= 15 is 0 Å². The minimum atomic E-state index is -0.244. The molecule has 0 radical (unpaired) electrons. The molecule has 0 aliphatic carbocycles. The van der Waals surface area contributed by atoms with Crippen molar-refractivity contribution in [3.8, 4) is 0 Å². The summed E-state index contributed by atoms with van der Waals surface area (Å²) >= 11 is 0. The Labute approximate surface area is 104 Å². The summed E-state index contributed by atoms with van der Waals surface area (Å²) in [6, 6.07) is 0. The second-order valence-electron chi connectivity index (χ2n) is 5.28. The molecule has 0 amide bonds. The van der Waals surface area contributed by atoms with Crippen LogP contribution < -0.4 is 0 Å². The van der Waals surface area contributed by atoms with Crippen LogP contribution in [0.4, 0.5) is 0 Å². The summed E-state index contributed by atoms with van der Waals surface area (Å²) in [6.45, 7) is 8.70. The van der Waals surface area contributed by atoms with Crippen LogP contribution in [0.1, 0.15) is 47.0 Å². The lowest BCUT2D eigenvalue weighted by Crippen LogP contribution is -2.05. The molecule has 0 N–H and O–H groups in total. The van der Waals surface area contributed by atoms with Gasteiger partial charge in [-0.1, -0.05) is 13.0 Å². The van der Waals surface area contributed by atoms with E-state index in [1.165, 1.54) is 6.08 Å². The number of carbonyl (C=O) groups is 1. The fraction of sp³-hybridized carbons (Fsp3) is 0.786. The van der Waals surface area contributed by atoms with Gasteiger partial charge in [-0.15, -0.1) is 0 Å². The van der Waals surface area contributed by atoms with E-state index in [0.29, 0.717) is 18.6 Å². The largest absolute Gasteiger partial charge is 0.463 e. The Bertz CT molecular complexity index is 281. The van der Waals surface area contributed by atoms with E-state index in [9.17, 15) is 4.79 Å². The highest BCUT2D eigenvalue weighted by atomic mass is 16.6. The smallest absolute Gasteiger partial charge is 0.330 e. The second kappa shape index (κ2) is 6.20. The molecule has 3 heteroatoms. The Morgan fingerprint density at radius 2 is 2.18 bits per heavy atom. The van der Waals surface area contributed by atoms with Gasteiger partial charge in [-0.3, -0.25) is 0 Å². The SMILES string of the molecule is CCOC(=O)/C=C/C[C@H](C)CCC1OC1(C)C. The topological polar surface area (TPSA) is 38.8 Å². The van der Waals surface area contributed by atoms with E-state index in [1.807, 2.05) is 13.0 Å². The number of rotatable bonds is 7. The average molecular weight is 240 g/mol. The molecule has 3 nitrogen and oxygen atoms in total. The van der Waals surface area contributed by atoms with Gasteiger partial charge in [-0.2, -0.15) is 0 Å². The molecule has 0 spiro atoms. The van der Waals surface area contributed by atoms with Crippen LogP contribution >= 0.6 is 0 Å². The first-order valence-electron chi connectivity index (χ1n) is 6.46. The van der Waals surface area contributed by atoms with Crippen molar-refractivity contribution in [2.24, 2.45) is 5.92 Å².